The first-order valence-electron chi connectivity index (χ1n) is 5.85. The standard InChI is InChI=1S/C12H15N5O/c13-6-8-5-9(14)7-16-12(8)17-4-2-1-3-10(17)11(15)18/h5,7,10H,1-4,14H2,(H2,15,18). The molecule has 1 saturated heterocycles. The summed E-state index contributed by atoms with van der Waals surface area (Å²) in [4.78, 5) is 17.4. The van der Waals surface area contributed by atoms with Crippen molar-refractivity contribution in [1.29, 1.82) is 5.26 Å². The van der Waals surface area contributed by atoms with Gasteiger partial charge in [0.25, 0.3) is 0 Å². The van der Waals surface area contributed by atoms with E-state index in [0.29, 0.717) is 30.0 Å². The van der Waals surface area contributed by atoms with Gasteiger partial charge in [-0.15, -0.1) is 0 Å². The van der Waals surface area contributed by atoms with Crippen molar-refractivity contribution in [3.05, 3.63) is 17.8 Å². The molecule has 1 amide bonds. The number of nitriles is 1. The lowest BCUT2D eigenvalue weighted by Gasteiger charge is -2.35. The van der Waals surface area contributed by atoms with Crippen LogP contribution < -0.4 is 16.4 Å². The van der Waals surface area contributed by atoms with E-state index in [-0.39, 0.29) is 11.9 Å². The van der Waals surface area contributed by atoms with E-state index >= 15 is 0 Å². The van der Waals surface area contributed by atoms with E-state index in [0.717, 1.165) is 12.8 Å². The molecule has 1 aliphatic rings. The van der Waals surface area contributed by atoms with E-state index in [9.17, 15) is 4.79 Å². The van der Waals surface area contributed by atoms with Gasteiger partial charge in [-0.1, -0.05) is 0 Å². The molecule has 1 atom stereocenters. The number of nitrogen functional groups attached to an aromatic ring is 1. The van der Waals surface area contributed by atoms with Crippen LogP contribution in [0.5, 0.6) is 0 Å². The molecule has 1 aromatic heterocycles. The van der Waals surface area contributed by atoms with Crippen molar-refractivity contribution in [2.45, 2.75) is 25.3 Å². The van der Waals surface area contributed by atoms with Crippen molar-refractivity contribution < 1.29 is 4.79 Å². The Balaban J connectivity index is 2.40. The highest BCUT2D eigenvalue weighted by Crippen LogP contribution is 2.26. The second-order valence-electron chi connectivity index (χ2n) is 4.36. The van der Waals surface area contributed by atoms with Crippen LogP contribution in [0, 0.1) is 11.3 Å². The van der Waals surface area contributed by atoms with Gasteiger partial charge in [0.15, 0.2) is 0 Å². The zero-order valence-corrected chi connectivity index (χ0v) is 9.97. The smallest absolute Gasteiger partial charge is 0.240 e. The third-order valence-corrected chi connectivity index (χ3v) is 3.11. The van der Waals surface area contributed by atoms with Gasteiger partial charge in [0, 0.05) is 6.54 Å². The van der Waals surface area contributed by atoms with Crippen LogP contribution in [0.2, 0.25) is 0 Å². The lowest BCUT2D eigenvalue weighted by molar-refractivity contribution is -0.119. The number of carbonyl (C=O) groups is 1. The van der Waals surface area contributed by atoms with E-state index in [1.807, 2.05) is 4.90 Å². The quantitative estimate of drug-likeness (QED) is 0.782. The number of aromatic nitrogens is 1. The maximum absolute atomic E-state index is 11.4. The molecule has 1 fully saturated rings. The van der Waals surface area contributed by atoms with Crippen LogP contribution in [-0.2, 0) is 4.79 Å². The first-order chi connectivity index (χ1) is 8.63. The second kappa shape index (κ2) is 4.92. The highest BCUT2D eigenvalue weighted by atomic mass is 16.1. The van der Waals surface area contributed by atoms with Crippen LogP contribution in [0.1, 0.15) is 24.8 Å². The second-order valence-corrected chi connectivity index (χ2v) is 4.36. The molecule has 2 heterocycles. The predicted molar refractivity (Wildman–Crippen MR) is 67.5 cm³/mol. The number of hydrogen-bond acceptors (Lipinski definition) is 5. The molecule has 1 aliphatic heterocycles. The molecule has 0 saturated carbocycles. The van der Waals surface area contributed by atoms with E-state index < -0.39 is 0 Å². The largest absolute Gasteiger partial charge is 0.397 e. The van der Waals surface area contributed by atoms with Crippen LogP contribution in [0.3, 0.4) is 0 Å². The molecule has 0 radical (unpaired) electrons. The number of piperidine rings is 1. The zero-order valence-electron chi connectivity index (χ0n) is 9.97. The lowest BCUT2D eigenvalue weighted by Crippen LogP contribution is -2.48. The third-order valence-electron chi connectivity index (χ3n) is 3.11. The van der Waals surface area contributed by atoms with Gasteiger partial charge in [-0.05, 0) is 25.3 Å². The van der Waals surface area contributed by atoms with Gasteiger partial charge in [-0.3, -0.25) is 4.79 Å². The first kappa shape index (κ1) is 12.2. The van der Waals surface area contributed by atoms with Gasteiger partial charge in [0.05, 0.1) is 17.4 Å². The fourth-order valence-electron chi connectivity index (χ4n) is 2.27. The van der Waals surface area contributed by atoms with Gasteiger partial charge >= 0.3 is 0 Å². The highest BCUT2D eigenvalue weighted by molar-refractivity contribution is 5.84. The van der Waals surface area contributed by atoms with Crippen molar-refractivity contribution >= 4 is 17.4 Å². The Morgan fingerprint density at radius 1 is 1.56 bits per heavy atom. The summed E-state index contributed by atoms with van der Waals surface area (Å²) in [6.07, 6.45) is 4.11. The van der Waals surface area contributed by atoms with Crippen molar-refractivity contribution in [1.82, 2.24) is 4.98 Å². The van der Waals surface area contributed by atoms with E-state index in [4.69, 9.17) is 16.7 Å². The number of hydrogen-bond donors (Lipinski definition) is 2. The molecule has 6 nitrogen and oxygen atoms in total. The Hall–Kier alpha value is -2.29. The van der Waals surface area contributed by atoms with Gasteiger partial charge < -0.3 is 16.4 Å². The van der Waals surface area contributed by atoms with Crippen LogP contribution in [0.4, 0.5) is 11.5 Å². The number of nitrogens with two attached hydrogens (primary N) is 2. The minimum Gasteiger partial charge on any atom is -0.397 e. The Bertz CT molecular complexity index is 508. The molecule has 1 unspecified atom stereocenters. The average Bonchev–Trinajstić information content (AvgIpc) is 2.38. The lowest BCUT2D eigenvalue weighted by atomic mass is 10.0. The summed E-state index contributed by atoms with van der Waals surface area (Å²) in [7, 11) is 0. The molecule has 4 N–H and O–H groups in total. The maximum Gasteiger partial charge on any atom is 0.240 e. The van der Waals surface area contributed by atoms with Crippen molar-refractivity contribution in [3.8, 4) is 6.07 Å². The molecular weight excluding hydrogens is 230 g/mol. The van der Waals surface area contributed by atoms with Gasteiger partial charge in [0.1, 0.15) is 17.9 Å². The molecule has 0 aliphatic carbocycles. The molecule has 0 bridgehead atoms. The van der Waals surface area contributed by atoms with Crippen LogP contribution in [-0.4, -0.2) is 23.5 Å². The Morgan fingerprint density at radius 3 is 3.00 bits per heavy atom. The Kier molecular flexibility index (Phi) is 3.33. The Morgan fingerprint density at radius 2 is 2.33 bits per heavy atom. The highest BCUT2D eigenvalue weighted by Gasteiger charge is 2.29. The van der Waals surface area contributed by atoms with E-state index in [1.54, 1.807) is 6.07 Å². The molecule has 94 valence electrons. The van der Waals surface area contributed by atoms with Crippen molar-refractivity contribution in [2.75, 3.05) is 17.2 Å². The van der Waals surface area contributed by atoms with Crippen LogP contribution >= 0.6 is 0 Å². The number of pyridine rings is 1. The molecule has 0 aromatic carbocycles. The summed E-state index contributed by atoms with van der Waals surface area (Å²) in [5.74, 6) is 0.118. The van der Waals surface area contributed by atoms with Crippen molar-refractivity contribution in [3.63, 3.8) is 0 Å². The molecule has 18 heavy (non-hydrogen) atoms. The van der Waals surface area contributed by atoms with Gasteiger partial charge in [0.2, 0.25) is 5.91 Å². The summed E-state index contributed by atoms with van der Waals surface area (Å²) in [5.41, 5.74) is 11.8. The number of anilines is 2. The van der Waals surface area contributed by atoms with Gasteiger partial charge in [-0.2, -0.15) is 5.26 Å². The Labute approximate surface area is 105 Å². The van der Waals surface area contributed by atoms with Crippen LogP contribution in [0.15, 0.2) is 12.3 Å². The number of nitrogens with zero attached hydrogens (tertiary/aromatic N) is 3. The number of rotatable bonds is 2. The molecule has 1 aromatic rings. The molecular formula is C12H15N5O. The summed E-state index contributed by atoms with van der Waals surface area (Å²) in [6, 6.07) is 3.23. The number of carbonyl (C=O) groups excluding carboxylic acids is 1. The zero-order chi connectivity index (χ0) is 13.1. The summed E-state index contributed by atoms with van der Waals surface area (Å²) in [6.45, 7) is 0.680. The molecule has 6 heteroatoms. The topological polar surface area (TPSA) is 109 Å². The van der Waals surface area contributed by atoms with Crippen molar-refractivity contribution in [2.24, 2.45) is 5.73 Å². The third kappa shape index (κ3) is 2.20. The minimum absolute atomic E-state index is 0.378. The molecule has 0 spiro atoms. The predicted octanol–water partition coefficient (Wildman–Crippen LogP) is 0.380. The first-order valence-corrected chi connectivity index (χ1v) is 5.85. The SMILES string of the molecule is N#Cc1cc(N)cnc1N1CCCCC1C(N)=O. The number of primary amides is 1. The minimum atomic E-state index is -0.387. The van der Waals surface area contributed by atoms with E-state index in [2.05, 4.69) is 11.1 Å². The van der Waals surface area contributed by atoms with Crippen LogP contribution in [0.25, 0.3) is 0 Å². The molecule has 2 rings (SSSR count). The fraction of sp³-hybridized carbons (Fsp3) is 0.417. The monoisotopic (exact) mass is 245 g/mol. The normalized spacial score (nSPS) is 19.3. The van der Waals surface area contributed by atoms with Gasteiger partial charge in [-0.25, -0.2) is 4.98 Å². The summed E-state index contributed by atoms with van der Waals surface area (Å²) >= 11 is 0. The number of amides is 1. The fourth-order valence-corrected chi connectivity index (χ4v) is 2.27. The summed E-state index contributed by atoms with van der Waals surface area (Å²) < 4.78 is 0. The average molecular weight is 245 g/mol. The van der Waals surface area contributed by atoms with E-state index in [1.165, 1.54) is 6.20 Å². The summed E-state index contributed by atoms with van der Waals surface area (Å²) in [5, 5.41) is 9.11. The maximum atomic E-state index is 11.4.